The van der Waals surface area contributed by atoms with Crippen molar-refractivity contribution in [3.8, 4) is 11.1 Å². The van der Waals surface area contributed by atoms with E-state index in [-0.39, 0.29) is 30.2 Å². The SMILES string of the molecule is C[C@@H](CO[C@H]1CC[C@H](Oc2ncc3nc(OC4CC4)sc3c2F)CC1)NC(N)=O. The summed E-state index contributed by atoms with van der Waals surface area (Å²) in [6.45, 7) is 2.24. The molecule has 2 aromatic heterocycles. The van der Waals surface area contributed by atoms with Crippen LogP contribution in [0.4, 0.5) is 9.18 Å². The molecule has 4 rings (SSSR count). The molecule has 0 radical (unpaired) electrons. The van der Waals surface area contributed by atoms with Crippen molar-refractivity contribution in [3.63, 3.8) is 0 Å². The van der Waals surface area contributed by atoms with Gasteiger partial charge in [0.15, 0.2) is 0 Å². The number of nitrogens with zero attached hydrogens (tertiary/aromatic N) is 2. The molecule has 2 amide bonds. The molecule has 0 aliphatic heterocycles. The normalized spacial score (nSPS) is 23.0. The molecular formula is C19H25FN4O4S. The molecule has 3 N–H and O–H groups in total. The number of halogens is 1. The van der Waals surface area contributed by atoms with Crippen molar-refractivity contribution in [1.29, 1.82) is 0 Å². The summed E-state index contributed by atoms with van der Waals surface area (Å²) in [5, 5.41) is 3.07. The molecule has 2 fully saturated rings. The van der Waals surface area contributed by atoms with Gasteiger partial charge in [0, 0.05) is 0 Å². The van der Waals surface area contributed by atoms with Gasteiger partial charge in [-0.3, -0.25) is 0 Å². The van der Waals surface area contributed by atoms with Crippen LogP contribution in [0.1, 0.15) is 45.4 Å². The first-order valence-electron chi connectivity index (χ1n) is 9.94. The second-order valence-corrected chi connectivity index (χ2v) is 8.61. The molecule has 158 valence electrons. The summed E-state index contributed by atoms with van der Waals surface area (Å²) < 4.78 is 32.6. The Balaban J connectivity index is 1.29. The van der Waals surface area contributed by atoms with E-state index in [1.807, 2.05) is 6.92 Å². The van der Waals surface area contributed by atoms with Crippen molar-refractivity contribution in [2.45, 2.75) is 69.8 Å². The fraction of sp³-hybridized carbons (Fsp3) is 0.632. The first kappa shape index (κ1) is 20.1. The number of nitrogens with two attached hydrogens (primary N) is 1. The number of aromatic nitrogens is 2. The Labute approximate surface area is 171 Å². The molecule has 2 aliphatic rings. The minimum atomic E-state index is -0.558. The number of fused-ring (bicyclic) bond motifs is 1. The van der Waals surface area contributed by atoms with E-state index in [9.17, 15) is 9.18 Å². The van der Waals surface area contributed by atoms with Gasteiger partial charge in [0.2, 0.25) is 5.82 Å². The zero-order chi connectivity index (χ0) is 20.4. The summed E-state index contributed by atoms with van der Waals surface area (Å²) >= 11 is 1.20. The van der Waals surface area contributed by atoms with Crippen LogP contribution in [0.3, 0.4) is 0 Å². The van der Waals surface area contributed by atoms with Gasteiger partial charge < -0.3 is 25.3 Å². The van der Waals surface area contributed by atoms with E-state index in [0.717, 1.165) is 38.5 Å². The molecule has 0 bridgehead atoms. The average Bonchev–Trinajstić information content (AvgIpc) is 3.39. The number of urea groups is 1. The van der Waals surface area contributed by atoms with E-state index in [2.05, 4.69) is 15.3 Å². The minimum Gasteiger partial charge on any atom is -0.472 e. The number of carbonyl (C=O) groups excluding carboxylic acids is 1. The Morgan fingerprint density at radius 1 is 1.24 bits per heavy atom. The van der Waals surface area contributed by atoms with Crippen LogP contribution in [-0.2, 0) is 4.74 Å². The number of amides is 2. The summed E-state index contributed by atoms with van der Waals surface area (Å²) in [4.78, 5) is 19.2. The van der Waals surface area contributed by atoms with Gasteiger partial charge >= 0.3 is 6.03 Å². The van der Waals surface area contributed by atoms with Gasteiger partial charge in [-0.25, -0.2) is 14.8 Å². The predicted octanol–water partition coefficient (Wildman–Crippen LogP) is 3.14. The van der Waals surface area contributed by atoms with Crippen LogP contribution >= 0.6 is 11.3 Å². The molecule has 2 heterocycles. The van der Waals surface area contributed by atoms with Crippen molar-refractivity contribution in [3.05, 3.63) is 12.0 Å². The third-order valence-corrected chi connectivity index (χ3v) is 5.94. The number of thiazole rings is 1. The van der Waals surface area contributed by atoms with Crippen LogP contribution in [0.15, 0.2) is 6.20 Å². The lowest BCUT2D eigenvalue weighted by atomic mass is 9.95. The topological polar surface area (TPSA) is 109 Å². The van der Waals surface area contributed by atoms with Crippen LogP contribution in [0.25, 0.3) is 10.2 Å². The van der Waals surface area contributed by atoms with Crippen LogP contribution in [0.2, 0.25) is 0 Å². The maximum absolute atomic E-state index is 14.8. The Morgan fingerprint density at radius 2 is 1.90 bits per heavy atom. The van der Waals surface area contributed by atoms with Crippen molar-refractivity contribution < 1.29 is 23.4 Å². The van der Waals surface area contributed by atoms with E-state index in [1.54, 1.807) is 0 Å². The summed E-state index contributed by atoms with van der Waals surface area (Å²) in [5.74, 6) is -0.460. The zero-order valence-corrected chi connectivity index (χ0v) is 17.0. The standard InChI is InChI=1S/C19H25FN4O4S/c1-10(23-18(21)25)9-26-11-2-4-12(5-3-11)27-17-15(20)16-14(8-22-17)24-19(29-16)28-13-6-7-13/h8,10-13H,2-7,9H2,1H3,(H3,21,23,25)/t10-,11-,12-/m0/s1. The second-order valence-electron chi connectivity index (χ2n) is 7.65. The molecule has 10 heteroatoms. The fourth-order valence-electron chi connectivity index (χ4n) is 3.33. The lowest BCUT2D eigenvalue weighted by Gasteiger charge is -2.29. The van der Waals surface area contributed by atoms with Crippen LogP contribution in [-0.4, -0.2) is 47.0 Å². The highest BCUT2D eigenvalue weighted by atomic mass is 32.1. The van der Waals surface area contributed by atoms with Crippen molar-refractivity contribution in [2.24, 2.45) is 5.73 Å². The quantitative estimate of drug-likeness (QED) is 0.674. The monoisotopic (exact) mass is 424 g/mol. The molecular weight excluding hydrogens is 399 g/mol. The number of pyridine rings is 1. The van der Waals surface area contributed by atoms with Gasteiger partial charge in [-0.1, -0.05) is 11.3 Å². The van der Waals surface area contributed by atoms with Gasteiger partial charge in [-0.15, -0.1) is 0 Å². The van der Waals surface area contributed by atoms with Gasteiger partial charge in [0.05, 0.1) is 24.9 Å². The lowest BCUT2D eigenvalue weighted by Crippen LogP contribution is -2.40. The molecule has 2 aliphatic carbocycles. The van der Waals surface area contributed by atoms with Gasteiger partial charge in [-0.05, 0) is 45.4 Å². The first-order valence-corrected chi connectivity index (χ1v) is 10.8. The van der Waals surface area contributed by atoms with Gasteiger partial charge in [-0.2, -0.15) is 4.39 Å². The Hall–Kier alpha value is -2.20. The number of hydrogen-bond donors (Lipinski definition) is 2. The maximum atomic E-state index is 14.8. The highest BCUT2D eigenvalue weighted by Gasteiger charge is 2.27. The summed E-state index contributed by atoms with van der Waals surface area (Å²) in [5.41, 5.74) is 5.59. The van der Waals surface area contributed by atoms with Crippen molar-refractivity contribution in [2.75, 3.05) is 6.61 Å². The van der Waals surface area contributed by atoms with Crippen molar-refractivity contribution >= 4 is 27.6 Å². The molecule has 0 spiro atoms. The zero-order valence-electron chi connectivity index (χ0n) is 16.2. The van der Waals surface area contributed by atoms with E-state index >= 15 is 0 Å². The third kappa shape index (κ3) is 5.24. The number of primary amides is 1. The molecule has 2 aromatic rings. The Bertz CT molecular complexity index is 867. The molecule has 2 saturated carbocycles. The van der Waals surface area contributed by atoms with E-state index < -0.39 is 11.8 Å². The van der Waals surface area contributed by atoms with Gasteiger partial charge in [0.1, 0.15) is 22.4 Å². The first-order chi connectivity index (χ1) is 14.0. The molecule has 0 saturated heterocycles. The van der Waals surface area contributed by atoms with Crippen LogP contribution < -0.4 is 20.5 Å². The molecule has 1 atom stereocenters. The molecule has 8 nitrogen and oxygen atoms in total. The molecule has 29 heavy (non-hydrogen) atoms. The Kier molecular flexibility index (Phi) is 6.00. The van der Waals surface area contributed by atoms with E-state index in [4.69, 9.17) is 19.9 Å². The number of rotatable bonds is 8. The fourth-order valence-corrected chi connectivity index (χ4v) is 4.21. The number of carbonyl (C=O) groups is 1. The Morgan fingerprint density at radius 3 is 2.59 bits per heavy atom. The summed E-state index contributed by atoms with van der Waals surface area (Å²) in [6, 6.07) is -0.698. The highest BCUT2D eigenvalue weighted by molar-refractivity contribution is 7.20. The largest absolute Gasteiger partial charge is 0.472 e. The predicted molar refractivity (Wildman–Crippen MR) is 106 cm³/mol. The third-order valence-electron chi connectivity index (χ3n) is 4.99. The maximum Gasteiger partial charge on any atom is 0.312 e. The number of hydrogen-bond acceptors (Lipinski definition) is 7. The van der Waals surface area contributed by atoms with Gasteiger partial charge in [0.25, 0.3) is 11.1 Å². The highest BCUT2D eigenvalue weighted by Crippen LogP contribution is 2.36. The lowest BCUT2D eigenvalue weighted by molar-refractivity contribution is -0.00488. The summed E-state index contributed by atoms with van der Waals surface area (Å²) in [7, 11) is 0. The van der Waals surface area contributed by atoms with Crippen LogP contribution in [0.5, 0.6) is 11.1 Å². The average molecular weight is 424 g/mol. The number of ether oxygens (including phenoxy) is 3. The van der Waals surface area contributed by atoms with Crippen LogP contribution in [0, 0.1) is 5.82 Å². The smallest absolute Gasteiger partial charge is 0.312 e. The second kappa shape index (κ2) is 8.66. The molecule has 0 unspecified atom stereocenters. The van der Waals surface area contributed by atoms with E-state index in [0.29, 0.717) is 22.0 Å². The summed E-state index contributed by atoms with van der Waals surface area (Å²) in [6.07, 6.45) is 6.90. The minimum absolute atomic E-state index is 0.0165. The van der Waals surface area contributed by atoms with E-state index in [1.165, 1.54) is 17.5 Å². The van der Waals surface area contributed by atoms with Crippen molar-refractivity contribution in [1.82, 2.24) is 15.3 Å². The molecule has 0 aromatic carbocycles. The number of nitrogens with one attached hydrogen (secondary N) is 1.